The summed E-state index contributed by atoms with van der Waals surface area (Å²) in [5.74, 6) is 2.38. The van der Waals surface area contributed by atoms with Crippen LogP contribution in [-0.4, -0.2) is 40.1 Å². The maximum Gasteiger partial charge on any atom is 0.262 e. The summed E-state index contributed by atoms with van der Waals surface area (Å²) in [6.07, 6.45) is 2.51. The van der Waals surface area contributed by atoms with Crippen molar-refractivity contribution in [1.29, 1.82) is 0 Å². The molecule has 1 aliphatic rings. The number of carbonyl (C=O) groups is 1. The molecule has 2 heterocycles. The Balaban J connectivity index is 1.40. The number of ether oxygens (including phenoxy) is 1. The maximum absolute atomic E-state index is 12.2. The molecule has 1 N–H and O–H groups in total. The Morgan fingerprint density at radius 2 is 1.93 bits per heavy atom. The van der Waals surface area contributed by atoms with E-state index in [1.165, 1.54) is 12.8 Å². The number of amides is 1. The monoisotopic (exact) mass is 392 g/mol. The van der Waals surface area contributed by atoms with E-state index in [0.29, 0.717) is 5.75 Å². The number of para-hydroxylation sites is 1. The molecule has 0 atom stereocenters. The van der Waals surface area contributed by atoms with E-state index in [4.69, 9.17) is 9.72 Å². The highest BCUT2D eigenvalue weighted by Crippen LogP contribution is 2.22. The molecule has 6 heteroatoms. The number of nitrogens with one attached hydrogen (secondary N) is 1. The molecule has 1 amide bonds. The molecule has 1 saturated heterocycles. The molecule has 0 saturated carbocycles. The lowest BCUT2D eigenvalue weighted by Gasteiger charge is -2.29. The minimum absolute atomic E-state index is 0.0249. The van der Waals surface area contributed by atoms with Gasteiger partial charge in [-0.15, -0.1) is 0 Å². The van der Waals surface area contributed by atoms with Gasteiger partial charge in [0.2, 0.25) is 0 Å². The van der Waals surface area contributed by atoms with Gasteiger partial charge in [0.1, 0.15) is 11.6 Å². The third-order valence-electron chi connectivity index (χ3n) is 5.61. The maximum atomic E-state index is 12.2. The molecule has 1 aromatic heterocycles. The fraction of sp³-hybridized carbons (Fsp3) is 0.391. The van der Waals surface area contributed by atoms with Gasteiger partial charge >= 0.3 is 0 Å². The number of piperidine rings is 1. The summed E-state index contributed by atoms with van der Waals surface area (Å²) in [4.78, 5) is 19.5. The van der Waals surface area contributed by atoms with Crippen LogP contribution in [0, 0.1) is 5.92 Å². The van der Waals surface area contributed by atoms with E-state index < -0.39 is 0 Å². The average Bonchev–Trinajstić information content (AvgIpc) is 3.04. The summed E-state index contributed by atoms with van der Waals surface area (Å²) >= 11 is 0. The van der Waals surface area contributed by atoms with Gasteiger partial charge in [0.15, 0.2) is 6.61 Å². The third kappa shape index (κ3) is 4.77. The lowest BCUT2D eigenvalue weighted by atomic mass is 9.99. The van der Waals surface area contributed by atoms with Gasteiger partial charge in [-0.25, -0.2) is 4.98 Å². The van der Waals surface area contributed by atoms with Crippen LogP contribution in [0.15, 0.2) is 48.5 Å². The number of likely N-dealkylation sites (tertiary alicyclic amines) is 1. The number of hydrogen-bond acceptors (Lipinski definition) is 4. The van der Waals surface area contributed by atoms with E-state index in [9.17, 15) is 4.79 Å². The quantitative estimate of drug-likeness (QED) is 0.693. The molecular weight excluding hydrogens is 364 g/mol. The number of fused-ring (bicyclic) bond motifs is 1. The van der Waals surface area contributed by atoms with Crippen molar-refractivity contribution < 1.29 is 9.53 Å². The Morgan fingerprint density at radius 1 is 1.17 bits per heavy atom. The molecule has 29 heavy (non-hydrogen) atoms. The molecule has 1 fully saturated rings. The first-order valence-electron chi connectivity index (χ1n) is 10.2. The molecule has 0 spiro atoms. The highest BCUT2D eigenvalue weighted by Gasteiger charge is 2.18. The standard InChI is InChI=1S/C23H28N4O2/c1-17-10-12-27(13-11-17)15-22-25-20-14-18(8-9-21(20)26(22)2)24-23(28)16-29-19-6-4-3-5-7-19/h3-9,14,17H,10-13,15-16H2,1-2H3,(H,24,28). The molecule has 6 nitrogen and oxygen atoms in total. The van der Waals surface area contributed by atoms with Crippen LogP contribution >= 0.6 is 0 Å². The number of anilines is 1. The number of benzene rings is 2. The molecule has 3 aromatic rings. The normalized spacial score (nSPS) is 15.5. The fourth-order valence-electron chi connectivity index (χ4n) is 3.75. The first kappa shape index (κ1) is 19.5. The van der Waals surface area contributed by atoms with Crippen LogP contribution in [0.5, 0.6) is 5.75 Å². The van der Waals surface area contributed by atoms with Gasteiger partial charge in [-0.1, -0.05) is 25.1 Å². The molecule has 4 rings (SSSR count). The van der Waals surface area contributed by atoms with Crippen molar-refractivity contribution in [2.75, 3.05) is 25.0 Å². The van der Waals surface area contributed by atoms with Gasteiger partial charge in [0.25, 0.3) is 5.91 Å². The van der Waals surface area contributed by atoms with E-state index in [1.54, 1.807) is 0 Å². The summed E-state index contributed by atoms with van der Waals surface area (Å²) in [6, 6.07) is 15.2. The van der Waals surface area contributed by atoms with Gasteiger partial charge < -0.3 is 14.6 Å². The number of imidazole rings is 1. The van der Waals surface area contributed by atoms with Crippen molar-refractivity contribution in [1.82, 2.24) is 14.5 Å². The highest BCUT2D eigenvalue weighted by atomic mass is 16.5. The van der Waals surface area contributed by atoms with Crippen molar-refractivity contribution in [2.45, 2.75) is 26.3 Å². The van der Waals surface area contributed by atoms with Crippen LogP contribution < -0.4 is 10.1 Å². The Morgan fingerprint density at radius 3 is 2.69 bits per heavy atom. The second-order valence-corrected chi connectivity index (χ2v) is 7.90. The van der Waals surface area contributed by atoms with Crippen molar-refractivity contribution in [3.05, 3.63) is 54.4 Å². The van der Waals surface area contributed by atoms with Crippen molar-refractivity contribution in [2.24, 2.45) is 13.0 Å². The second kappa shape index (κ2) is 8.66. The predicted molar refractivity (Wildman–Crippen MR) is 115 cm³/mol. The Kier molecular flexibility index (Phi) is 5.81. The zero-order chi connectivity index (χ0) is 20.2. The van der Waals surface area contributed by atoms with E-state index in [0.717, 1.165) is 48.1 Å². The average molecular weight is 393 g/mol. The fourth-order valence-corrected chi connectivity index (χ4v) is 3.75. The van der Waals surface area contributed by atoms with Crippen molar-refractivity contribution >= 4 is 22.6 Å². The Labute approximate surface area is 171 Å². The van der Waals surface area contributed by atoms with Crippen LogP contribution in [0.4, 0.5) is 5.69 Å². The smallest absolute Gasteiger partial charge is 0.262 e. The first-order valence-corrected chi connectivity index (χ1v) is 10.2. The molecular formula is C23H28N4O2. The summed E-state index contributed by atoms with van der Waals surface area (Å²) in [5.41, 5.74) is 2.70. The van der Waals surface area contributed by atoms with E-state index in [2.05, 4.69) is 28.8 Å². The summed E-state index contributed by atoms with van der Waals surface area (Å²) in [7, 11) is 2.06. The zero-order valence-corrected chi connectivity index (χ0v) is 17.1. The number of rotatable bonds is 6. The Bertz CT molecular complexity index is 975. The van der Waals surface area contributed by atoms with Crippen LogP contribution in [0.25, 0.3) is 11.0 Å². The molecule has 0 radical (unpaired) electrons. The highest BCUT2D eigenvalue weighted by molar-refractivity contribution is 5.94. The summed E-state index contributed by atoms with van der Waals surface area (Å²) in [6.45, 7) is 5.43. The van der Waals surface area contributed by atoms with Gasteiger partial charge in [-0.3, -0.25) is 9.69 Å². The predicted octanol–water partition coefficient (Wildman–Crippen LogP) is 3.82. The number of aromatic nitrogens is 2. The molecule has 152 valence electrons. The zero-order valence-electron chi connectivity index (χ0n) is 17.1. The number of hydrogen-bond donors (Lipinski definition) is 1. The van der Waals surface area contributed by atoms with Crippen molar-refractivity contribution in [3.63, 3.8) is 0 Å². The van der Waals surface area contributed by atoms with E-state index >= 15 is 0 Å². The van der Waals surface area contributed by atoms with Gasteiger partial charge in [0, 0.05) is 12.7 Å². The van der Waals surface area contributed by atoms with Crippen LogP contribution in [0.3, 0.4) is 0 Å². The van der Waals surface area contributed by atoms with Crippen molar-refractivity contribution in [3.8, 4) is 5.75 Å². The second-order valence-electron chi connectivity index (χ2n) is 7.90. The number of carbonyl (C=O) groups excluding carboxylic acids is 1. The van der Waals surface area contributed by atoms with Gasteiger partial charge in [0.05, 0.1) is 17.6 Å². The van der Waals surface area contributed by atoms with Crippen LogP contribution in [-0.2, 0) is 18.4 Å². The minimum atomic E-state index is -0.188. The molecule has 0 bridgehead atoms. The van der Waals surface area contributed by atoms with Crippen LogP contribution in [0.2, 0.25) is 0 Å². The molecule has 1 aliphatic heterocycles. The number of aryl methyl sites for hydroxylation is 1. The topological polar surface area (TPSA) is 59.4 Å². The van der Waals surface area contributed by atoms with E-state index in [1.807, 2.05) is 48.5 Å². The lowest BCUT2D eigenvalue weighted by molar-refractivity contribution is -0.118. The lowest BCUT2D eigenvalue weighted by Crippen LogP contribution is -2.33. The van der Waals surface area contributed by atoms with Gasteiger partial charge in [-0.05, 0) is 62.2 Å². The summed E-state index contributed by atoms with van der Waals surface area (Å²) in [5, 5.41) is 2.90. The van der Waals surface area contributed by atoms with Gasteiger partial charge in [-0.2, -0.15) is 0 Å². The third-order valence-corrected chi connectivity index (χ3v) is 5.61. The van der Waals surface area contributed by atoms with E-state index in [-0.39, 0.29) is 12.5 Å². The largest absolute Gasteiger partial charge is 0.484 e. The minimum Gasteiger partial charge on any atom is -0.484 e. The SMILES string of the molecule is CC1CCN(Cc2nc3cc(NC(=O)COc4ccccc4)ccc3n2C)CC1. The summed E-state index contributed by atoms with van der Waals surface area (Å²) < 4.78 is 7.66. The van der Waals surface area contributed by atoms with Crippen LogP contribution in [0.1, 0.15) is 25.6 Å². The molecule has 2 aromatic carbocycles. The first-order chi connectivity index (χ1) is 14.1. The molecule has 0 aliphatic carbocycles. The number of nitrogens with zero attached hydrogens (tertiary/aromatic N) is 3. The molecule has 0 unspecified atom stereocenters. The Hall–Kier alpha value is -2.86.